The fourth-order valence-electron chi connectivity index (χ4n) is 5.23. The van der Waals surface area contributed by atoms with Gasteiger partial charge in [0.15, 0.2) is 0 Å². The number of halogens is 3. The number of aromatic nitrogens is 2. The lowest BCUT2D eigenvalue weighted by molar-refractivity contribution is -0.138. The lowest BCUT2D eigenvalue weighted by Gasteiger charge is -2.29. The van der Waals surface area contributed by atoms with Gasteiger partial charge in [0.25, 0.3) is 5.91 Å². The fourth-order valence-corrected chi connectivity index (χ4v) is 5.23. The minimum absolute atomic E-state index is 0.0253. The maximum absolute atomic E-state index is 13.3. The molecule has 2 heterocycles. The number of hydrogen-bond acceptors (Lipinski definition) is 4. The molecule has 7 nitrogen and oxygen atoms in total. The van der Waals surface area contributed by atoms with Crippen molar-refractivity contribution in [2.75, 3.05) is 10.2 Å². The number of anilines is 2. The number of hydrogen-bond donors (Lipinski definition) is 2. The molecule has 2 aliphatic rings. The van der Waals surface area contributed by atoms with E-state index in [1.54, 1.807) is 10.6 Å². The second-order valence-electron chi connectivity index (χ2n) is 9.79. The average molecular weight is 525 g/mol. The molecule has 2 aromatic carbocycles. The van der Waals surface area contributed by atoms with Crippen LogP contribution >= 0.6 is 0 Å². The molecule has 0 radical (unpaired) electrons. The van der Waals surface area contributed by atoms with E-state index in [-0.39, 0.29) is 23.7 Å². The standard InChI is InChI=1S/C28H27F3N4O3/c29-28(30,31)22-3-1-2-4-23(22)33-27(38)24-16-35-17-34(14-13-25(35)32-24)21-11-9-20(10-12-21)19-7-5-18(6-8-19)15-26(36)37/h1-4,9-14,16,18-19H,5-8,15,17H2,(H,33,38)(H,36,37). The molecule has 1 aliphatic carbocycles. The van der Waals surface area contributed by atoms with E-state index in [1.165, 1.54) is 30.0 Å². The summed E-state index contributed by atoms with van der Waals surface area (Å²) in [7, 11) is 0. The SMILES string of the molecule is O=C(O)CC1CCC(c2ccc(N3C=Cc4nc(C(=O)Nc5ccccc5C(F)(F)F)cn4C3)cc2)CC1. The molecule has 10 heteroatoms. The summed E-state index contributed by atoms with van der Waals surface area (Å²) in [5.74, 6) is -0.226. The van der Waals surface area contributed by atoms with Gasteiger partial charge in [0.2, 0.25) is 0 Å². The van der Waals surface area contributed by atoms with Crippen LogP contribution in [0.2, 0.25) is 0 Å². The van der Waals surface area contributed by atoms with Gasteiger partial charge in [0.05, 0.1) is 11.3 Å². The number of amides is 1. The molecular formula is C28H27F3N4O3. The van der Waals surface area contributed by atoms with E-state index in [2.05, 4.69) is 22.4 Å². The van der Waals surface area contributed by atoms with Crippen LogP contribution < -0.4 is 10.2 Å². The first-order valence-electron chi connectivity index (χ1n) is 12.5. The molecule has 1 amide bonds. The van der Waals surface area contributed by atoms with Gasteiger partial charge in [-0.1, -0.05) is 24.3 Å². The largest absolute Gasteiger partial charge is 0.481 e. The molecule has 0 bridgehead atoms. The van der Waals surface area contributed by atoms with Crippen LogP contribution in [-0.4, -0.2) is 26.5 Å². The van der Waals surface area contributed by atoms with Crippen molar-refractivity contribution in [2.45, 2.75) is 50.9 Å². The Morgan fingerprint density at radius 3 is 2.42 bits per heavy atom. The van der Waals surface area contributed by atoms with E-state index in [0.717, 1.165) is 37.4 Å². The van der Waals surface area contributed by atoms with Crippen molar-refractivity contribution in [3.63, 3.8) is 0 Å². The first-order chi connectivity index (χ1) is 18.2. The van der Waals surface area contributed by atoms with Gasteiger partial charge in [0.1, 0.15) is 18.2 Å². The number of carbonyl (C=O) groups is 2. The summed E-state index contributed by atoms with van der Waals surface area (Å²) in [5.41, 5.74) is 0.986. The Hall–Kier alpha value is -4.08. The Kier molecular flexibility index (Phi) is 6.96. The lowest BCUT2D eigenvalue weighted by atomic mass is 9.77. The van der Waals surface area contributed by atoms with Crippen molar-refractivity contribution >= 4 is 29.3 Å². The van der Waals surface area contributed by atoms with E-state index >= 15 is 0 Å². The maximum atomic E-state index is 13.3. The number of benzene rings is 2. The van der Waals surface area contributed by atoms with Gasteiger partial charge in [-0.2, -0.15) is 13.2 Å². The van der Waals surface area contributed by atoms with Crippen LogP contribution in [0.1, 0.15) is 65.5 Å². The summed E-state index contributed by atoms with van der Waals surface area (Å²) in [6.07, 6.45) is 4.61. The van der Waals surface area contributed by atoms with Crippen LogP contribution in [0.3, 0.4) is 0 Å². The van der Waals surface area contributed by atoms with E-state index in [0.29, 0.717) is 18.4 Å². The maximum Gasteiger partial charge on any atom is 0.418 e. The van der Waals surface area contributed by atoms with Crippen LogP contribution in [0.15, 0.2) is 60.9 Å². The highest BCUT2D eigenvalue weighted by Crippen LogP contribution is 2.38. The first kappa shape index (κ1) is 25.6. The van der Waals surface area contributed by atoms with Gasteiger partial charge >= 0.3 is 12.1 Å². The second-order valence-corrected chi connectivity index (χ2v) is 9.79. The highest BCUT2D eigenvalue weighted by atomic mass is 19.4. The third-order valence-electron chi connectivity index (χ3n) is 7.24. The molecule has 0 spiro atoms. The molecule has 5 rings (SSSR count). The van der Waals surface area contributed by atoms with E-state index < -0.39 is 23.6 Å². The summed E-state index contributed by atoms with van der Waals surface area (Å²) in [4.78, 5) is 29.9. The topological polar surface area (TPSA) is 87.5 Å². The molecule has 3 aromatic rings. The number of rotatable bonds is 6. The number of para-hydroxylation sites is 1. The van der Waals surface area contributed by atoms with Gasteiger partial charge in [-0.3, -0.25) is 9.59 Å². The second kappa shape index (κ2) is 10.4. The molecule has 0 atom stereocenters. The van der Waals surface area contributed by atoms with E-state index in [9.17, 15) is 22.8 Å². The average Bonchev–Trinajstić information content (AvgIpc) is 3.32. The van der Waals surface area contributed by atoms with Crippen LogP contribution in [0.25, 0.3) is 6.08 Å². The Labute approximate surface area is 217 Å². The minimum atomic E-state index is -4.59. The number of fused-ring (bicyclic) bond motifs is 1. The summed E-state index contributed by atoms with van der Waals surface area (Å²) in [5, 5.41) is 11.3. The third-order valence-corrected chi connectivity index (χ3v) is 7.24. The first-order valence-corrected chi connectivity index (χ1v) is 12.5. The van der Waals surface area contributed by atoms with Crippen molar-refractivity contribution < 1.29 is 27.9 Å². The number of carboxylic acids is 1. The molecule has 1 aliphatic heterocycles. The quantitative estimate of drug-likeness (QED) is 0.392. The predicted octanol–water partition coefficient (Wildman–Crippen LogP) is 6.35. The number of aliphatic carboxylic acids is 1. The van der Waals surface area contributed by atoms with Gasteiger partial charge in [-0.15, -0.1) is 0 Å². The predicted molar refractivity (Wildman–Crippen MR) is 137 cm³/mol. The molecule has 2 N–H and O–H groups in total. The van der Waals surface area contributed by atoms with Crippen molar-refractivity contribution in [3.05, 3.63) is 83.6 Å². The molecule has 1 aromatic heterocycles. The van der Waals surface area contributed by atoms with Crippen LogP contribution in [0.5, 0.6) is 0 Å². The zero-order chi connectivity index (χ0) is 26.9. The molecule has 198 valence electrons. The number of imidazole rings is 1. The van der Waals surface area contributed by atoms with Crippen LogP contribution in [0, 0.1) is 5.92 Å². The summed E-state index contributed by atoms with van der Waals surface area (Å²) < 4.78 is 41.6. The third kappa shape index (κ3) is 5.58. The number of carboxylic acid groups (broad SMARTS) is 1. The van der Waals surface area contributed by atoms with Crippen molar-refractivity contribution in [1.29, 1.82) is 0 Å². The zero-order valence-electron chi connectivity index (χ0n) is 20.5. The summed E-state index contributed by atoms with van der Waals surface area (Å²) >= 11 is 0. The highest BCUT2D eigenvalue weighted by Gasteiger charge is 2.34. The smallest absolute Gasteiger partial charge is 0.418 e. The van der Waals surface area contributed by atoms with Crippen LogP contribution in [-0.2, 0) is 17.6 Å². The zero-order valence-corrected chi connectivity index (χ0v) is 20.5. The Bertz CT molecular complexity index is 1360. The lowest BCUT2D eigenvalue weighted by Crippen LogP contribution is -2.23. The molecule has 38 heavy (non-hydrogen) atoms. The molecule has 0 saturated heterocycles. The van der Waals surface area contributed by atoms with Crippen molar-refractivity contribution in [2.24, 2.45) is 5.92 Å². The van der Waals surface area contributed by atoms with Gasteiger partial charge in [-0.05, 0) is 73.4 Å². The fraction of sp³-hybridized carbons (Fsp3) is 0.321. The molecule has 0 unspecified atom stereocenters. The number of nitrogens with one attached hydrogen (secondary N) is 1. The van der Waals surface area contributed by atoms with Gasteiger partial charge in [-0.25, -0.2) is 4.98 Å². The van der Waals surface area contributed by atoms with Crippen LogP contribution in [0.4, 0.5) is 24.5 Å². The number of nitrogens with zero attached hydrogens (tertiary/aromatic N) is 3. The molecular weight excluding hydrogens is 497 g/mol. The number of alkyl halides is 3. The Morgan fingerprint density at radius 2 is 1.74 bits per heavy atom. The van der Waals surface area contributed by atoms with E-state index in [1.807, 2.05) is 23.2 Å². The normalized spacial score (nSPS) is 19.2. The number of carbonyl (C=O) groups excluding carboxylic acids is 1. The monoisotopic (exact) mass is 524 g/mol. The molecule has 1 saturated carbocycles. The van der Waals surface area contributed by atoms with Crippen molar-refractivity contribution in [3.8, 4) is 0 Å². The highest BCUT2D eigenvalue weighted by molar-refractivity contribution is 6.03. The Balaban J connectivity index is 1.23. The summed E-state index contributed by atoms with van der Waals surface area (Å²) in [6, 6.07) is 13.1. The van der Waals surface area contributed by atoms with Gasteiger partial charge in [0, 0.05) is 24.5 Å². The Morgan fingerprint density at radius 1 is 1.03 bits per heavy atom. The minimum Gasteiger partial charge on any atom is -0.481 e. The van der Waals surface area contributed by atoms with Crippen molar-refractivity contribution in [1.82, 2.24) is 9.55 Å². The van der Waals surface area contributed by atoms with Gasteiger partial charge < -0.3 is 19.9 Å². The summed E-state index contributed by atoms with van der Waals surface area (Å²) in [6.45, 7) is 0.394. The van der Waals surface area contributed by atoms with E-state index in [4.69, 9.17) is 5.11 Å². The molecule has 1 fully saturated rings.